The molecule has 0 aliphatic heterocycles. The van der Waals surface area contributed by atoms with Gasteiger partial charge in [-0.15, -0.1) is 0 Å². The number of carbonyl (C=O) groups excluding carboxylic acids is 1. The molecule has 21 heavy (non-hydrogen) atoms. The lowest BCUT2D eigenvalue weighted by atomic mass is 10.2. The molecule has 0 radical (unpaired) electrons. The number of aromatic amines is 1. The van der Waals surface area contributed by atoms with Crippen molar-refractivity contribution in [3.05, 3.63) is 58.1 Å². The van der Waals surface area contributed by atoms with Crippen LogP contribution in [-0.4, -0.2) is 22.0 Å². The molecular weight excluding hydrogens is 270 g/mol. The van der Waals surface area contributed by atoms with Crippen LogP contribution in [0.1, 0.15) is 29.8 Å². The summed E-state index contributed by atoms with van der Waals surface area (Å²) in [6, 6.07) is 6.42. The molecule has 1 amide bonds. The van der Waals surface area contributed by atoms with Crippen LogP contribution in [0.25, 0.3) is 0 Å². The molecule has 0 aliphatic carbocycles. The number of ether oxygens (including phenoxy) is 1. The lowest BCUT2D eigenvalue weighted by Crippen LogP contribution is -2.25. The molecule has 2 N–H and O–H groups in total. The summed E-state index contributed by atoms with van der Waals surface area (Å²) in [7, 11) is 0. The first-order chi connectivity index (χ1) is 10.1. The smallest absolute Gasteiger partial charge is 0.251 e. The largest absolute Gasteiger partial charge is 0.475 e. The van der Waals surface area contributed by atoms with Gasteiger partial charge in [0.2, 0.25) is 11.4 Å². The molecular formula is C15H17N3O3. The van der Waals surface area contributed by atoms with Gasteiger partial charge in [0.15, 0.2) is 0 Å². The van der Waals surface area contributed by atoms with Gasteiger partial charge in [-0.25, -0.2) is 4.98 Å². The van der Waals surface area contributed by atoms with Gasteiger partial charge >= 0.3 is 0 Å². The van der Waals surface area contributed by atoms with Crippen LogP contribution < -0.4 is 15.6 Å². The topological polar surface area (TPSA) is 84.1 Å². The Bertz CT molecular complexity index is 680. The highest BCUT2D eigenvalue weighted by Gasteiger charge is 2.10. The second-order valence-electron chi connectivity index (χ2n) is 4.76. The number of hydrogen-bond acceptors (Lipinski definition) is 4. The van der Waals surface area contributed by atoms with Crippen LogP contribution in [0.5, 0.6) is 5.88 Å². The predicted molar refractivity (Wildman–Crippen MR) is 78.2 cm³/mol. The number of rotatable bonds is 5. The predicted octanol–water partition coefficient (Wildman–Crippen LogP) is 1.49. The van der Waals surface area contributed by atoms with Crippen LogP contribution in [0.2, 0.25) is 0 Å². The van der Waals surface area contributed by atoms with Crippen molar-refractivity contribution < 1.29 is 9.53 Å². The molecule has 2 aromatic heterocycles. The van der Waals surface area contributed by atoms with E-state index in [9.17, 15) is 9.59 Å². The van der Waals surface area contributed by atoms with Crippen LogP contribution in [0.4, 0.5) is 0 Å². The zero-order valence-corrected chi connectivity index (χ0v) is 11.9. The van der Waals surface area contributed by atoms with Gasteiger partial charge in [0.1, 0.15) is 0 Å². The second-order valence-corrected chi connectivity index (χ2v) is 4.76. The lowest BCUT2D eigenvalue weighted by molar-refractivity contribution is 0.0950. The van der Waals surface area contributed by atoms with Crippen molar-refractivity contribution in [3.8, 4) is 5.88 Å². The normalized spacial score (nSPS) is 10.4. The number of amides is 1. The minimum absolute atomic E-state index is 0.00188. The first kappa shape index (κ1) is 14.8. The number of H-pyrrole nitrogens is 1. The average molecular weight is 287 g/mol. The summed E-state index contributed by atoms with van der Waals surface area (Å²) in [5, 5.41) is 2.74. The van der Waals surface area contributed by atoms with Gasteiger partial charge in [-0.2, -0.15) is 0 Å². The third-order valence-corrected chi connectivity index (χ3v) is 2.67. The maximum atomic E-state index is 12.0. The molecule has 0 fully saturated rings. The van der Waals surface area contributed by atoms with E-state index in [1.54, 1.807) is 18.3 Å². The molecule has 0 saturated heterocycles. The zero-order chi connectivity index (χ0) is 15.2. The van der Waals surface area contributed by atoms with E-state index in [1.165, 1.54) is 12.3 Å². The molecule has 2 heterocycles. The third kappa shape index (κ3) is 4.17. The number of aromatic nitrogens is 2. The number of carbonyl (C=O) groups is 1. The van der Waals surface area contributed by atoms with E-state index in [-0.39, 0.29) is 24.1 Å². The third-order valence-electron chi connectivity index (χ3n) is 2.67. The molecule has 0 saturated carbocycles. The van der Waals surface area contributed by atoms with E-state index in [0.29, 0.717) is 11.4 Å². The van der Waals surface area contributed by atoms with Crippen molar-refractivity contribution in [3.63, 3.8) is 0 Å². The summed E-state index contributed by atoms with van der Waals surface area (Å²) in [5.41, 5.74) is 0.784. The quantitative estimate of drug-likeness (QED) is 0.872. The van der Waals surface area contributed by atoms with Gasteiger partial charge in [-0.3, -0.25) is 9.59 Å². The van der Waals surface area contributed by atoms with E-state index in [2.05, 4.69) is 15.3 Å². The monoisotopic (exact) mass is 287 g/mol. The maximum Gasteiger partial charge on any atom is 0.251 e. The Hall–Kier alpha value is -2.63. The Morgan fingerprint density at radius 3 is 2.95 bits per heavy atom. The fourth-order valence-electron chi connectivity index (χ4n) is 1.75. The summed E-state index contributed by atoms with van der Waals surface area (Å²) in [6.45, 7) is 4.10. The van der Waals surface area contributed by atoms with Crippen LogP contribution in [-0.2, 0) is 6.54 Å². The number of pyridine rings is 2. The van der Waals surface area contributed by atoms with Gasteiger partial charge in [0.25, 0.3) is 5.91 Å². The number of hydrogen-bond donors (Lipinski definition) is 2. The zero-order valence-electron chi connectivity index (χ0n) is 11.9. The Morgan fingerprint density at radius 2 is 2.24 bits per heavy atom. The van der Waals surface area contributed by atoms with E-state index < -0.39 is 0 Å². The minimum Gasteiger partial charge on any atom is -0.475 e. The first-order valence-corrected chi connectivity index (χ1v) is 6.64. The Labute approximate surface area is 122 Å². The highest BCUT2D eigenvalue weighted by atomic mass is 16.5. The first-order valence-electron chi connectivity index (χ1n) is 6.64. The number of nitrogens with one attached hydrogen (secondary N) is 2. The SMILES string of the molecule is CC(C)Oc1ncccc1CNC(=O)c1cc[nH]c(=O)c1. The maximum absolute atomic E-state index is 12.0. The van der Waals surface area contributed by atoms with Crippen molar-refractivity contribution in [2.45, 2.75) is 26.5 Å². The lowest BCUT2D eigenvalue weighted by Gasteiger charge is -2.13. The van der Waals surface area contributed by atoms with Gasteiger partial charge in [0.05, 0.1) is 6.10 Å². The molecule has 0 aliphatic rings. The summed E-state index contributed by atoms with van der Waals surface area (Å²) in [4.78, 5) is 29.8. The highest BCUT2D eigenvalue weighted by Crippen LogP contribution is 2.15. The molecule has 0 spiro atoms. The van der Waals surface area contributed by atoms with Gasteiger partial charge in [-0.1, -0.05) is 6.07 Å². The van der Waals surface area contributed by atoms with Crippen molar-refractivity contribution >= 4 is 5.91 Å². The van der Waals surface area contributed by atoms with Gasteiger partial charge < -0.3 is 15.0 Å². The molecule has 0 unspecified atom stereocenters. The minimum atomic E-state index is -0.319. The fourth-order valence-corrected chi connectivity index (χ4v) is 1.75. The Kier molecular flexibility index (Phi) is 4.71. The molecule has 6 heteroatoms. The van der Waals surface area contributed by atoms with E-state index in [4.69, 9.17) is 4.74 Å². The Balaban J connectivity index is 2.06. The van der Waals surface area contributed by atoms with Gasteiger partial charge in [-0.05, 0) is 26.0 Å². The van der Waals surface area contributed by atoms with Crippen molar-refractivity contribution in [2.24, 2.45) is 0 Å². The highest BCUT2D eigenvalue weighted by molar-refractivity contribution is 5.93. The summed E-state index contributed by atoms with van der Waals surface area (Å²) >= 11 is 0. The molecule has 110 valence electrons. The van der Waals surface area contributed by atoms with Crippen LogP contribution in [0, 0.1) is 0 Å². The Morgan fingerprint density at radius 1 is 1.43 bits per heavy atom. The van der Waals surface area contributed by atoms with Crippen LogP contribution in [0.15, 0.2) is 41.5 Å². The van der Waals surface area contributed by atoms with E-state index >= 15 is 0 Å². The molecule has 0 atom stereocenters. The van der Waals surface area contributed by atoms with Crippen molar-refractivity contribution in [2.75, 3.05) is 0 Å². The molecule has 6 nitrogen and oxygen atoms in total. The van der Waals surface area contributed by atoms with Crippen molar-refractivity contribution in [1.82, 2.24) is 15.3 Å². The molecule has 0 bridgehead atoms. The molecule has 2 rings (SSSR count). The summed E-state index contributed by atoms with van der Waals surface area (Å²) < 4.78 is 5.59. The second kappa shape index (κ2) is 6.69. The fraction of sp³-hybridized carbons (Fsp3) is 0.267. The molecule has 0 aromatic carbocycles. The van der Waals surface area contributed by atoms with E-state index in [1.807, 2.05) is 19.9 Å². The summed E-state index contributed by atoms with van der Waals surface area (Å²) in [6.07, 6.45) is 3.08. The van der Waals surface area contributed by atoms with Crippen molar-refractivity contribution in [1.29, 1.82) is 0 Å². The number of nitrogens with zero attached hydrogens (tertiary/aromatic N) is 1. The van der Waals surface area contributed by atoms with E-state index in [0.717, 1.165) is 5.56 Å². The molecule has 2 aromatic rings. The standard InChI is InChI=1S/C15H17N3O3/c1-10(2)21-15-12(4-3-6-17-15)9-18-14(20)11-5-7-16-13(19)8-11/h3-8,10H,9H2,1-2H3,(H,16,19)(H,18,20). The van der Waals surface area contributed by atoms with Crippen LogP contribution in [0.3, 0.4) is 0 Å². The van der Waals surface area contributed by atoms with Gasteiger partial charge in [0, 0.05) is 36.1 Å². The average Bonchev–Trinajstić information content (AvgIpc) is 2.45. The summed E-state index contributed by atoms with van der Waals surface area (Å²) in [5.74, 6) is 0.180. The van der Waals surface area contributed by atoms with Crippen LogP contribution >= 0.6 is 0 Å².